The van der Waals surface area contributed by atoms with Gasteiger partial charge in [0.25, 0.3) is 11.8 Å². The van der Waals surface area contributed by atoms with Gasteiger partial charge in [-0.1, -0.05) is 0 Å². The number of carboxylic acid groups (broad SMARTS) is 1. The molecule has 0 spiro atoms. The molecule has 6 heteroatoms. The molecule has 0 unspecified atom stereocenters. The van der Waals surface area contributed by atoms with Crippen molar-refractivity contribution in [3.8, 4) is 11.5 Å². The lowest BCUT2D eigenvalue weighted by molar-refractivity contribution is 0.0697. The molecule has 2 rings (SSSR count). The Kier molecular flexibility index (Phi) is 3.27. The summed E-state index contributed by atoms with van der Waals surface area (Å²) in [5, 5.41) is 12.6. The van der Waals surface area contributed by atoms with Gasteiger partial charge in [-0.05, 0) is 36.3 Å². The zero-order valence-electron chi connectivity index (χ0n) is 10.1. The number of anilines is 1. The van der Waals surface area contributed by atoms with Crippen molar-refractivity contribution in [1.29, 1.82) is 0 Å². The van der Waals surface area contributed by atoms with Gasteiger partial charge in [-0.15, -0.1) is 0 Å². The molecule has 1 aromatic carbocycles. The van der Waals surface area contributed by atoms with E-state index in [0.29, 0.717) is 17.4 Å². The van der Waals surface area contributed by atoms with Crippen LogP contribution in [0, 0.1) is 0 Å². The van der Waals surface area contributed by atoms with Gasteiger partial charge in [-0.25, -0.2) is 4.79 Å². The van der Waals surface area contributed by atoms with E-state index in [9.17, 15) is 4.79 Å². The van der Waals surface area contributed by atoms with Gasteiger partial charge in [-0.2, -0.15) is 4.98 Å². The third kappa shape index (κ3) is 2.32. The Labute approximate surface area is 104 Å². The molecule has 6 nitrogen and oxygen atoms in total. The lowest BCUT2D eigenvalue weighted by Crippen LogP contribution is -2.16. The van der Waals surface area contributed by atoms with Crippen LogP contribution in [-0.4, -0.2) is 34.8 Å². The van der Waals surface area contributed by atoms with Crippen LogP contribution >= 0.6 is 0 Å². The molecule has 0 atom stereocenters. The summed E-state index contributed by atoms with van der Waals surface area (Å²) in [6, 6.07) is 6.30. The van der Waals surface area contributed by atoms with Gasteiger partial charge >= 0.3 is 5.97 Å². The average Bonchev–Trinajstić information content (AvgIpc) is 2.87. The highest BCUT2D eigenvalue weighted by Gasteiger charge is 2.11. The van der Waals surface area contributed by atoms with Crippen molar-refractivity contribution < 1.29 is 14.4 Å². The number of carbonyl (C=O) groups is 1. The van der Waals surface area contributed by atoms with E-state index in [2.05, 4.69) is 10.1 Å². The van der Waals surface area contributed by atoms with Crippen molar-refractivity contribution in [2.45, 2.75) is 6.92 Å². The number of benzene rings is 1. The van der Waals surface area contributed by atoms with Crippen LogP contribution in [0.5, 0.6) is 0 Å². The van der Waals surface area contributed by atoms with Crippen LogP contribution in [0.15, 0.2) is 28.8 Å². The zero-order valence-corrected chi connectivity index (χ0v) is 10.1. The second kappa shape index (κ2) is 4.87. The van der Waals surface area contributed by atoms with E-state index in [4.69, 9.17) is 9.63 Å². The number of aromatic carboxylic acids is 1. The Bertz CT molecular complexity index is 548. The lowest BCUT2D eigenvalue weighted by Gasteiger charge is -2.08. The van der Waals surface area contributed by atoms with Crippen molar-refractivity contribution in [3.63, 3.8) is 0 Å². The van der Waals surface area contributed by atoms with Gasteiger partial charge in [0.2, 0.25) is 0 Å². The van der Waals surface area contributed by atoms with Gasteiger partial charge < -0.3 is 14.5 Å². The normalized spacial score (nSPS) is 10.3. The zero-order chi connectivity index (χ0) is 13.1. The molecule has 1 N–H and O–H groups in total. The fourth-order valence-corrected chi connectivity index (χ4v) is 1.38. The molecule has 0 aliphatic carbocycles. The van der Waals surface area contributed by atoms with Crippen LogP contribution in [-0.2, 0) is 0 Å². The molecular weight excluding hydrogens is 234 g/mol. The highest BCUT2D eigenvalue weighted by molar-refractivity contribution is 5.88. The quantitative estimate of drug-likeness (QED) is 0.888. The first kappa shape index (κ1) is 12.1. The van der Waals surface area contributed by atoms with Crippen LogP contribution in [0.1, 0.15) is 17.3 Å². The Hall–Kier alpha value is -2.37. The van der Waals surface area contributed by atoms with E-state index in [-0.39, 0.29) is 5.56 Å². The van der Waals surface area contributed by atoms with Crippen LogP contribution in [0.25, 0.3) is 11.5 Å². The topological polar surface area (TPSA) is 79.5 Å². The van der Waals surface area contributed by atoms with Crippen molar-refractivity contribution >= 4 is 11.9 Å². The Morgan fingerprint density at radius 1 is 1.39 bits per heavy atom. The minimum absolute atomic E-state index is 0.226. The van der Waals surface area contributed by atoms with Crippen LogP contribution in [0.3, 0.4) is 0 Å². The van der Waals surface area contributed by atoms with Crippen LogP contribution < -0.4 is 4.90 Å². The monoisotopic (exact) mass is 247 g/mol. The van der Waals surface area contributed by atoms with Crippen molar-refractivity contribution in [1.82, 2.24) is 10.1 Å². The van der Waals surface area contributed by atoms with E-state index in [1.807, 2.05) is 18.9 Å². The number of aromatic nitrogens is 2. The summed E-state index contributed by atoms with van der Waals surface area (Å²) < 4.78 is 5.12. The number of rotatable bonds is 4. The maximum Gasteiger partial charge on any atom is 0.335 e. The molecule has 0 amide bonds. The predicted octanol–water partition coefficient (Wildman–Crippen LogP) is 1.89. The fourth-order valence-electron chi connectivity index (χ4n) is 1.38. The van der Waals surface area contributed by atoms with E-state index >= 15 is 0 Å². The van der Waals surface area contributed by atoms with Gasteiger partial charge in [-0.3, -0.25) is 0 Å². The highest BCUT2D eigenvalue weighted by Crippen LogP contribution is 2.20. The van der Waals surface area contributed by atoms with E-state index < -0.39 is 5.97 Å². The molecule has 18 heavy (non-hydrogen) atoms. The molecule has 1 heterocycles. The Morgan fingerprint density at radius 2 is 2.06 bits per heavy atom. The summed E-state index contributed by atoms with van der Waals surface area (Å²) in [6.45, 7) is 2.76. The summed E-state index contributed by atoms with van der Waals surface area (Å²) in [5.41, 5.74) is 0.924. The summed E-state index contributed by atoms with van der Waals surface area (Å²) in [6.07, 6.45) is 0. The first-order chi connectivity index (χ1) is 8.61. The smallest absolute Gasteiger partial charge is 0.335 e. The molecule has 94 valence electrons. The first-order valence-corrected chi connectivity index (χ1v) is 5.50. The minimum Gasteiger partial charge on any atom is -0.478 e. The molecule has 0 bridgehead atoms. The average molecular weight is 247 g/mol. The van der Waals surface area contributed by atoms with Crippen molar-refractivity contribution in [3.05, 3.63) is 29.8 Å². The third-order valence-corrected chi connectivity index (χ3v) is 2.61. The van der Waals surface area contributed by atoms with E-state index in [0.717, 1.165) is 6.54 Å². The van der Waals surface area contributed by atoms with Gasteiger partial charge in [0.15, 0.2) is 0 Å². The number of hydrogen-bond donors (Lipinski definition) is 1. The second-order valence-electron chi connectivity index (χ2n) is 3.80. The van der Waals surface area contributed by atoms with Crippen LogP contribution in [0.2, 0.25) is 0 Å². The van der Waals surface area contributed by atoms with E-state index in [1.165, 1.54) is 12.1 Å². The second-order valence-corrected chi connectivity index (χ2v) is 3.80. The minimum atomic E-state index is -0.960. The number of nitrogens with zero attached hydrogens (tertiary/aromatic N) is 3. The third-order valence-electron chi connectivity index (χ3n) is 2.61. The Balaban J connectivity index is 2.26. The maximum absolute atomic E-state index is 10.7. The summed E-state index contributed by atoms with van der Waals surface area (Å²) in [7, 11) is 1.86. The molecular formula is C12H13N3O3. The van der Waals surface area contributed by atoms with Crippen molar-refractivity contribution in [2.75, 3.05) is 18.5 Å². The van der Waals surface area contributed by atoms with Crippen molar-refractivity contribution in [2.24, 2.45) is 0 Å². The number of hydrogen-bond acceptors (Lipinski definition) is 5. The molecule has 0 aliphatic heterocycles. The SMILES string of the molecule is CCN(C)c1noc(-c2ccc(C(=O)O)cc2)n1. The molecule has 0 fully saturated rings. The fraction of sp³-hybridized carbons (Fsp3) is 0.250. The maximum atomic E-state index is 10.7. The lowest BCUT2D eigenvalue weighted by atomic mass is 10.1. The number of carboxylic acids is 1. The summed E-state index contributed by atoms with van der Waals surface area (Å²) >= 11 is 0. The van der Waals surface area contributed by atoms with E-state index in [1.54, 1.807) is 12.1 Å². The molecule has 1 aromatic heterocycles. The predicted molar refractivity (Wildman–Crippen MR) is 65.6 cm³/mol. The summed E-state index contributed by atoms with van der Waals surface area (Å²) in [4.78, 5) is 16.8. The molecule has 0 saturated carbocycles. The summed E-state index contributed by atoms with van der Waals surface area (Å²) in [5.74, 6) is -0.0736. The first-order valence-electron chi connectivity index (χ1n) is 5.50. The molecule has 0 radical (unpaired) electrons. The molecule has 0 saturated heterocycles. The van der Waals surface area contributed by atoms with Gasteiger partial charge in [0.1, 0.15) is 0 Å². The molecule has 0 aliphatic rings. The standard InChI is InChI=1S/C12H13N3O3/c1-3-15(2)12-13-10(18-14-12)8-4-6-9(7-5-8)11(16)17/h4-7H,3H2,1-2H3,(H,16,17). The van der Waals surface area contributed by atoms with Crippen LogP contribution in [0.4, 0.5) is 5.95 Å². The highest BCUT2D eigenvalue weighted by atomic mass is 16.5. The van der Waals surface area contributed by atoms with Gasteiger partial charge in [0.05, 0.1) is 5.56 Å². The Morgan fingerprint density at radius 3 is 2.61 bits per heavy atom. The largest absolute Gasteiger partial charge is 0.478 e. The van der Waals surface area contributed by atoms with Gasteiger partial charge in [0, 0.05) is 19.2 Å². The molecule has 2 aromatic rings.